The molecule has 0 spiro atoms. The van der Waals surface area contributed by atoms with Crippen LogP contribution < -0.4 is 10.6 Å². The van der Waals surface area contributed by atoms with E-state index in [9.17, 15) is 0 Å². The average Bonchev–Trinajstić information content (AvgIpc) is 2.67. The topological polar surface area (TPSA) is 67.9 Å². The number of halogens is 2. The van der Waals surface area contributed by atoms with Gasteiger partial charge in [0.15, 0.2) is 5.65 Å². The molecule has 0 aliphatic rings. The lowest BCUT2D eigenvalue weighted by atomic mass is 10.00. The molecule has 0 unspecified atom stereocenters. The predicted molar refractivity (Wildman–Crippen MR) is 122 cm³/mol. The zero-order chi connectivity index (χ0) is 19.8. The van der Waals surface area contributed by atoms with Crippen molar-refractivity contribution in [2.45, 2.75) is 0 Å². The first-order valence-electron chi connectivity index (χ1n) is 8.58. The molecule has 0 saturated carbocycles. The molecule has 4 rings (SSSR count). The Morgan fingerprint density at radius 1 is 0.929 bits per heavy atom. The number of nitrogen functional groups attached to an aromatic ring is 1. The number of hydrogen-bond donors (Lipinski definition) is 1. The highest BCUT2D eigenvalue weighted by Crippen LogP contribution is 2.36. The highest BCUT2D eigenvalue weighted by atomic mass is 79.9. The third kappa shape index (κ3) is 3.47. The Hall–Kier alpha value is -2.51. The SMILES string of the molecule is CN(C)c1ccc(-c2cc(-c3cccc(Br)c3)c3c(N)ncnc3n2)cc1Br. The van der Waals surface area contributed by atoms with E-state index in [1.807, 2.05) is 38.4 Å². The molecule has 0 bridgehead atoms. The molecule has 2 aromatic carbocycles. The quantitative estimate of drug-likeness (QED) is 0.402. The van der Waals surface area contributed by atoms with E-state index in [1.165, 1.54) is 6.33 Å². The fraction of sp³-hybridized carbons (Fsp3) is 0.0952. The predicted octanol–water partition coefficient (Wildman–Crippen LogP) is 5.53. The van der Waals surface area contributed by atoms with Crippen LogP contribution in [0, 0.1) is 0 Å². The minimum atomic E-state index is 0.420. The highest BCUT2D eigenvalue weighted by molar-refractivity contribution is 9.10. The lowest BCUT2D eigenvalue weighted by Crippen LogP contribution is -2.09. The number of fused-ring (bicyclic) bond motifs is 1. The summed E-state index contributed by atoms with van der Waals surface area (Å²) in [5.41, 5.74) is 11.7. The Morgan fingerprint density at radius 3 is 2.46 bits per heavy atom. The number of aromatic nitrogens is 3. The molecule has 7 heteroatoms. The van der Waals surface area contributed by atoms with Crippen molar-refractivity contribution in [2.24, 2.45) is 0 Å². The van der Waals surface area contributed by atoms with E-state index >= 15 is 0 Å². The number of nitrogens with zero attached hydrogens (tertiary/aromatic N) is 4. The lowest BCUT2D eigenvalue weighted by Gasteiger charge is -2.16. The Morgan fingerprint density at radius 2 is 1.75 bits per heavy atom. The van der Waals surface area contributed by atoms with Crippen molar-refractivity contribution in [1.29, 1.82) is 0 Å². The van der Waals surface area contributed by atoms with Crippen LogP contribution in [-0.2, 0) is 0 Å². The Kier molecular flexibility index (Phi) is 5.03. The molecule has 0 aliphatic heterocycles. The zero-order valence-corrected chi connectivity index (χ0v) is 18.5. The Balaban J connectivity index is 1.98. The van der Waals surface area contributed by atoms with Crippen molar-refractivity contribution in [1.82, 2.24) is 15.0 Å². The van der Waals surface area contributed by atoms with Gasteiger partial charge in [-0.2, -0.15) is 0 Å². The number of benzene rings is 2. The van der Waals surface area contributed by atoms with Gasteiger partial charge in [0.25, 0.3) is 0 Å². The fourth-order valence-corrected chi connectivity index (χ4v) is 4.28. The van der Waals surface area contributed by atoms with E-state index in [0.29, 0.717) is 11.5 Å². The number of rotatable bonds is 3. The highest BCUT2D eigenvalue weighted by Gasteiger charge is 2.15. The van der Waals surface area contributed by atoms with Crippen LogP contribution in [0.1, 0.15) is 0 Å². The van der Waals surface area contributed by atoms with Gasteiger partial charge in [-0.1, -0.05) is 34.1 Å². The van der Waals surface area contributed by atoms with Gasteiger partial charge in [-0.3, -0.25) is 0 Å². The third-order valence-corrected chi connectivity index (χ3v) is 5.62. The second kappa shape index (κ2) is 7.48. The Bertz CT molecular complexity index is 1190. The van der Waals surface area contributed by atoms with E-state index in [0.717, 1.165) is 42.4 Å². The molecule has 2 aromatic heterocycles. The van der Waals surface area contributed by atoms with E-state index in [4.69, 9.17) is 10.7 Å². The summed E-state index contributed by atoms with van der Waals surface area (Å²) in [5, 5.41) is 0.758. The molecule has 0 aliphatic carbocycles. The second-order valence-electron chi connectivity index (χ2n) is 6.58. The zero-order valence-electron chi connectivity index (χ0n) is 15.3. The van der Waals surface area contributed by atoms with Gasteiger partial charge in [0, 0.05) is 28.6 Å². The molecule has 0 radical (unpaired) electrons. The van der Waals surface area contributed by atoms with Crippen molar-refractivity contribution in [3.05, 3.63) is 63.8 Å². The maximum atomic E-state index is 6.18. The van der Waals surface area contributed by atoms with Gasteiger partial charge in [0.1, 0.15) is 12.1 Å². The molecule has 28 heavy (non-hydrogen) atoms. The maximum absolute atomic E-state index is 6.18. The first-order chi connectivity index (χ1) is 13.4. The molecule has 4 aromatic rings. The first kappa shape index (κ1) is 18.8. The summed E-state index contributed by atoms with van der Waals surface area (Å²) in [4.78, 5) is 15.3. The molecular weight excluding hydrogens is 482 g/mol. The first-order valence-corrected chi connectivity index (χ1v) is 10.2. The van der Waals surface area contributed by atoms with Crippen molar-refractivity contribution >= 4 is 54.4 Å². The van der Waals surface area contributed by atoms with Crippen LogP contribution in [0.15, 0.2) is 63.8 Å². The van der Waals surface area contributed by atoms with Crippen LogP contribution in [0.25, 0.3) is 33.4 Å². The van der Waals surface area contributed by atoms with Crippen molar-refractivity contribution in [3.63, 3.8) is 0 Å². The van der Waals surface area contributed by atoms with E-state index in [1.54, 1.807) is 0 Å². The molecule has 140 valence electrons. The van der Waals surface area contributed by atoms with E-state index in [2.05, 4.69) is 71.0 Å². The van der Waals surface area contributed by atoms with Gasteiger partial charge in [-0.25, -0.2) is 15.0 Å². The van der Waals surface area contributed by atoms with E-state index < -0.39 is 0 Å². The second-order valence-corrected chi connectivity index (χ2v) is 8.35. The number of pyridine rings is 1. The normalized spacial score (nSPS) is 11.0. The molecule has 0 amide bonds. The van der Waals surface area contributed by atoms with Crippen LogP contribution in [0.4, 0.5) is 11.5 Å². The minimum absolute atomic E-state index is 0.420. The molecule has 0 fully saturated rings. The van der Waals surface area contributed by atoms with Crippen molar-refractivity contribution in [2.75, 3.05) is 24.7 Å². The van der Waals surface area contributed by atoms with Gasteiger partial charge in [-0.15, -0.1) is 0 Å². The van der Waals surface area contributed by atoms with E-state index in [-0.39, 0.29) is 0 Å². The van der Waals surface area contributed by atoms with Gasteiger partial charge < -0.3 is 10.6 Å². The molecular formula is C21H17Br2N5. The van der Waals surface area contributed by atoms with Gasteiger partial charge >= 0.3 is 0 Å². The summed E-state index contributed by atoms with van der Waals surface area (Å²) in [6.07, 6.45) is 1.45. The Labute approximate surface area is 179 Å². The molecule has 2 heterocycles. The minimum Gasteiger partial charge on any atom is -0.383 e. The molecule has 5 nitrogen and oxygen atoms in total. The summed E-state index contributed by atoms with van der Waals surface area (Å²) in [5.74, 6) is 0.420. The summed E-state index contributed by atoms with van der Waals surface area (Å²) in [6.45, 7) is 0. The fourth-order valence-electron chi connectivity index (χ4n) is 3.15. The summed E-state index contributed by atoms with van der Waals surface area (Å²) in [6, 6.07) is 16.3. The third-order valence-electron chi connectivity index (χ3n) is 4.49. The smallest absolute Gasteiger partial charge is 0.165 e. The van der Waals surface area contributed by atoms with Crippen LogP contribution in [0.3, 0.4) is 0 Å². The van der Waals surface area contributed by atoms with Crippen LogP contribution in [0.5, 0.6) is 0 Å². The number of hydrogen-bond acceptors (Lipinski definition) is 5. The molecule has 0 saturated heterocycles. The molecule has 2 N–H and O–H groups in total. The van der Waals surface area contributed by atoms with Crippen LogP contribution in [-0.4, -0.2) is 29.0 Å². The van der Waals surface area contributed by atoms with Gasteiger partial charge in [-0.05, 0) is 57.4 Å². The monoisotopic (exact) mass is 497 g/mol. The maximum Gasteiger partial charge on any atom is 0.165 e. The number of nitrogens with two attached hydrogens (primary N) is 1. The summed E-state index contributed by atoms with van der Waals surface area (Å²) >= 11 is 7.21. The molecule has 0 atom stereocenters. The number of anilines is 2. The van der Waals surface area contributed by atoms with Crippen molar-refractivity contribution in [3.8, 4) is 22.4 Å². The van der Waals surface area contributed by atoms with Gasteiger partial charge in [0.2, 0.25) is 0 Å². The lowest BCUT2D eigenvalue weighted by molar-refractivity contribution is 1.12. The largest absolute Gasteiger partial charge is 0.383 e. The summed E-state index contributed by atoms with van der Waals surface area (Å²) in [7, 11) is 4.03. The van der Waals surface area contributed by atoms with Crippen LogP contribution >= 0.6 is 31.9 Å². The van der Waals surface area contributed by atoms with Crippen molar-refractivity contribution < 1.29 is 0 Å². The van der Waals surface area contributed by atoms with Gasteiger partial charge in [0.05, 0.1) is 16.8 Å². The van der Waals surface area contributed by atoms with Crippen LogP contribution in [0.2, 0.25) is 0 Å². The standard InChI is InChI=1S/C21H17Br2N5/c1-28(2)18-7-6-13(9-16(18)23)17-10-15(12-4-3-5-14(22)8-12)19-20(24)25-11-26-21(19)27-17/h3-11H,1-2H3,(H2,24,25,26,27). The average molecular weight is 499 g/mol. The summed E-state index contributed by atoms with van der Waals surface area (Å²) < 4.78 is 1.99.